The summed E-state index contributed by atoms with van der Waals surface area (Å²) in [5.74, 6) is 0.847. The Balaban J connectivity index is 1.35. The zero-order chi connectivity index (χ0) is 22.3. The van der Waals surface area contributed by atoms with Crippen LogP contribution in [0.1, 0.15) is 11.3 Å². The van der Waals surface area contributed by atoms with Crippen LogP contribution in [0.5, 0.6) is 0 Å². The molecule has 10 heteroatoms. The molecule has 0 bridgehead atoms. The fourth-order valence-corrected chi connectivity index (χ4v) is 3.43. The third-order valence-corrected chi connectivity index (χ3v) is 4.96. The van der Waals surface area contributed by atoms with Crippen LogP contribution in [0.3, 0.4) is 0 Å². The summed E-state index contributed by atoms with van der Waals surface area (Å²) in [6, 6.07) is 15.9. The van der Waals surface area contributed by atoms with Gasteiger partial charge in [0.15, 0.2) is 5.65 Å². The number of fused-ring (bicyclic) bond motifs is 3. The Labute approximate surface area is 179 Å². The Morgan fingerprint density at radius 3 is 2.72 bits per heavy atom. The molecule has 0 fully saturated rings. The van der Waals surface area contributed by atoms with Gasteiger partial charge in [-0.2, -0.15) is 23.3 Å². The maximum atomic E-state index is 12.9. The van der Waals surface area contributed by atoms with Gasteiger partial charge in [0.1, 0.15) is 17.0 Å². The lowest BCUT2D eigenvalue weighted by Crippen LogP contribution is -2.04. The molecule has 0 radical (unpaired) electrons. The van der Waals surface area contributed by atoms with E-state index in [1.807, 2.05) is 35.9 Å². The van der Waals surface area contributed by atoms with E-state index >= 15 is 0 Å². The first-order chi connectivity index (χ1) is 15.4. The van der Waals surface area contributed by atoms with Gasteiger partial charge in [0.05, 0.1) is 17.3 Å². The summed E-state index contributed by atoms with van der Waals surface area (Å²) >= 11 is 0. The molecule has 7 nitrogen and oxygen atoms in total. The summed E-state index contributed by atoms with van der Waals surface area (Å²) in [6.45, 7) is 0. The lowest BCUT2D eigenvalue weighted by atomic mass is 10.1. The number of nitrogens with one attached hydrogen (secondary N) is 1. The number of hydrazone groups is 1. The minimum absolute atomic E-state index is 0.198. The second kappa shape index (κ2) is 7.49. The number of nitrogens with zero attached hydrogens (tertiary/aromatic N) is 5. The summed E-state index contributed by atoms with van der Waals surface area (Å²) < 4.78 is 46.3. The maximum absolute atomic E-state index is 12.9. The minimum atomic E-state index is -4.42. The highest BCUT2D eigenvalue weighted by atomic mass is 19.4. The maximum Gasteiger partial charge on any atom is 0.416 e. The van der Waals surface area contributed by atoms with Crippen LogP contribution in [0.4, 0.5) is 19.1 Å². The van der Waals surface area contributed by atoms with E-state index in [0.717, 1.165) is 23.0 Å². The number of benzene rings is 2. The predicted octanol–water partition coefficient (Wildman–Crippen LogP) is 5.24. The van der Waals surface area contributed by atoms with E-state index in [0.29, 0.717) is 28.2 Å². The number of halogens is 3. The number of furan rings is 1. The summed E-state index contributed by atoms with van der Waals surface area (Å²) in [7, 11) is 1.89. The smallest absolute Gasteiger partial charge is 0.416 e. The summed E-state index contributed by atoms with van der Waals surface area (Å²) in [4.78, 5) is 4.46. The van der Waals surface area contributed by atoms with Gasteiger partial charge in [-0.05, 0) is 30.3 Å². The summed E-state index contributed by atoms with van der Waals surface area (Å²) in [5.41, 5.74) is 4.61. The third-order valence-electron chi connectivity index (χ3n) is 4.96. The van der Waals surface area contributed by atoms with Gasteiger partial charge >= 0.3 is 6.18 Å². The van der Waals surface area contributed by atoms with Crippen LogP contribution < -0.4 is 5.43 Å². The van der Waals surface area contributed by atoms with E-state index in [1.165, 1.54) is 12.3 Å². The van der Waals surface area contributed by atoms with Crippen LogP contribution in [0, 0.1) is 0 Å². The standard InChI is InChI=1S/C22H15F3N6O/c1-31-17-8-3-2-7-16(17)19-20(31)27-21(30-28-19)29-26-12-15-9-10-18(32-15)13-5-4-6-14(11-13)22(23,24)25/h2-12H,1H3,(H,27,29,30). The zero-order valence-corrected chi connectivity index (χ0v) is 16.6. The highest BCUT2D eigenvalue weighted by Crippen LogP contribution is 2.32. The first kappa shape index (κ1) is 19.7. The minimum Gasteiger partial charge on any atom is -0.455 e. The number of hydrogen-bond donors (Lipinski definition) is 1. The molecule has 1 N–H and O–H groups in total. The molecule has 0 spiro atoms. The largest absolute Gasteiger partial charge is 0.455 e. The van der Waals surface area contributed by atoms with E-state index < -0.39 is 11.7 Å². The van der Waals surface area contributed by atoms with Crippen LogP contribution in [0.25, 0.3) is 33.4 Å². The molecule has 3 aromatic heterocycles. The van der Waals surface area contributed by atoms with E-state index in [4.69, 9.17) is 4.42 Å². The molecule has 0 amide bonds. The number of aromatic nitrogens is 4. The summed E-state index contributed by atoms with van der Waals surface area (Å²) in [5, 5.41) is 13.3. The van der Waals surface area contributed by atoms with Crippen LogP contribution >= 0.6 is 0 Å². The molecule has 0 aliphatic rings. The Kier molecular flexibility index (Phi) is 4.62. The second-order valence-corrected chi connectivity index (χ2v) is 7.03. The lowest BCUT2D eigenvalue weighted by Gasteiger charge is -2.07. The van der Waals surface area contributed by atoms with Crippen LogP contribution in [0.2, 0.25) is 0 Å². The molecular weight excluding hydrogens is 421 g/mol. The molecule has 32 heavy (non-hydrogen) atoms. The molecule has 0 unspecified atom stereocenters. The van der Waals surface area contributed by atoms with E-state index in [1.54, 1.807) is 18.2 Å². The van der Waals surface area contributed by atoms with Crippen molar-refractivity contribution >= 4 is 34.2 Å². The molecule has 0 saturated heterocycles. The van der Waals surface area contributed by atoms with Crippen LogP contribution in [-0.4, -0.2) is 26.0 Å². The van der Waals surface area contributed by atoms with Gasteiger partial charge in [0.25, 0.3) is 5.95 Å². The molecule has 0 aliphatic carbocycles. The number of anilines is 1. The highest BCUT2D eigenvalue weighted by molar-refractivity contribution is 6.04. The van der Waals surface area contributed by atoms with Gasteiger partial charge < -0.3 is 8.98 Å². The van der Waals surface area contributed by atoms with Crippen molar-refractivity contribution in [3.05, 3.63) is 72.0 Å². The van der Waals surface area contributed by atoms with Crippen LogP contribution in [0.15, 0.2) is 70.2 Å². The molecule has 0 aliphatic heterocycles. The van der Waals surface area contributed by atoms with Crippen molar-refractivity contribution in [2.24, 2.45) is 12.1 Å². The van der Waals surface area contributed by atoms with Crippen LogP contribution in [-0.2, 0) is 13.2 Å². The zero-order valence-electron chi connectivity index (χ0n) is 16.6. The van der Waals surface area contributed by atoms with Gasteiger partial charge in [0, 0.05) is 18.0 Å². The molecule has 5 aromatic rings. The number of hydrogen-bond acceptors (Lipinski definition) is 6. The summed E-state index contributed by atoms with van der Waals surface area (Å²) in [6.07, 6.45) is -3.04. The molecule has 0 atom stereocenters. The van der Waals surface area contributed by atoms with Crippen molar-refractivity contribution in [2.75, 3.05) is 5.43 Å². The SMILES string of the molecule is Cn1c2ccccc2c2nnc(NN=Cc3ccc(-c4cccc(C(F)(F)F)c4)o3)nc21. The highest BCUT2D eigenvalue weighted by Gasteiger charge is 2.30. The number of para-hydroxylation sites is 1. The Morgan fingerprint density at radius 2 is 1.88 bits per heavy atom. The third kappa shape index (κ3) is 3.55. The number of rotatable bonds is 4. The van der Waals surface area contributed by atoms with Crippen molar-refractivity contribution in [2.45, 2.75) is 6.18 Å². The molecule has 5 rings (SSSR count). The van der Waals surface area contributed by atoms with E-state index in [9.17, 15) is 13.2 Å². The first-order valence-electron chi connectivity index (χ1n) is 9.54. The fourth-order valence-electron chi connectivity index (χ4n) is 3.43. The van der Waals surface area contributed by atoms with Crippen molar-refractivity contribution in [3.63, 3.8) is 0 Å². The van der Waals surface area contributed by atoms with Gasteiger partial charge in [0.2, 0.25) is 0 Å². The van der Waals surface area contributed by atoms with Gasteiger partial charge in [-0.15, -0.1) is 10.2 Å². The molecule has 0 saturated carbocycles. The van der Waals surface area contributed by atoms with E-state index in [2.05, 4.69) is 25.7 Å². The number of alkyl halides is 3. The first-order valence-corrected chi connectivity index (χ1v) is 9.54. The molecule has 2 aromatic carbocycles. The molecule has 3 heterocycles. The number of aryl methyl sites for hydroxylation is 1. The van der Waals surface area contributed by atoms with Gasteiger partial charge in [-0.25, -0.2) is 5.43 Å². The van der Waals surface area contributed by atoms with Crippen molar-refractivity contribution in [3.8, 4) is 11.3 Å². The van der Waals surface area contributed by atoms with Gasteiger partial charge in [-0.1, -0.05) is 30.3 Å². The fraction of sp³-hybridized carbons (Fsp3) is 0.0909. The lowest BCUT2D eigenvalue weighted by molar-refractivity contribution is -0.137. The quantitative estimate of drug-likeness (QED) is 0.308. The van der Waals surface area contributed by atoms with Crippen molar-refractivity contribution in [1.82, 2.24) is 19.7 Å². The van der Waals surface area contributed by atoms with E-state index in [-0.39, 0.29) is 5.95 Å². The topological polar surface area (TPSA) is 81.1 Å². The van der Waals surface area contributed by atoms with Crippen molar-refractivity contribution < 1.29 is 17.6 Å². The Morgan fingerprint density at radius 1 is 1.03 bits per heavy atom. The normalized spacial score (nSPS) is 12.2. The molecular formula is C22H15F3N6O. The average Bonchev–Trinajstić information content (AvgIpc) is 3.37. The Hall–Kier alpha value is -4.21. The monoisotopic (exact) mass is 436 g/mol. The molecule has 160 valence electrons. The van der Waals surface area contributed by atoms with Crippen molar-refractivity contribution in [1.29, 1.82) is 0 Å². The Bertz CT molecular complexity index is 1470. The average molecular weight is 436 g/mol. The van der Waals surface area contributed by atoms with Gasteiger partial charge in [-0.3, -0.25) is 0 Å². The predicted molar refractivity (Wildman–Crippen MR) is 114 cm³/mol. The second-order valence-electron chi connectivity index (χ2n) is 7.03.